The van der Waals surface area contributed by atoms with E-state index in [1.165, 1.54) is 12.8 Å². The maximum atomic E-state index is 2.63. The minimum absolute atomic E-state index is 1.25. The lowest BCUT2D eigenvalue weighted by molar-refractivity contribution is 1.09. The molecule has 0 fully saturated rings. The zero-order chi connectivity index (χ0) is 48.4. The van der Waals surface area contributed by atoms with Crippen LogP contribution in [0, 0.1) is 343 Å². The molecule has 0 atom stereocenters. The zero-order valence-corrected chi connectivity index (χ0v) is 36.4. The van der Waals surface area contributed by atoms with Crippen LogP contribution in [0.2, 0.25) is 0 Å². The van der Waals surface area contributed by atoms with E-state index in [-0.39, 0.29) is 0 Å². The van der Waals surface area contributed by atoms with Crippen molar-refractivity contribution < 1.29 is 0 Å². The van der Waals surface area contributed by atoms with Crippen molar-refractivity contribution in [3.63, 3.8) is 0 Å². The molecule has 66 heavy (non-hydrogen) atoms. The highest BCUT2D eigenvalue weighted by molar-refractivity contribution is 5.51. The summed E-state index contributed by atoms with van der Waals surface area (Å²) in [4.78, 5) is 0. The Hall–Kier alpha value is -12.8. The summed E-state index contributed by atoms with van der Waals surface area (Å²) in [7, 11) is 0. The predicted molar refractivity (Wildman–Crippen MR) is 269 cm³/mol. The third-order valence-electron chi connectivity index (χ3n) is 3.69. The minimum Gasteiger partial charge on any atom is -0.0925 e. The van der Waals surface area contributed by atoms with E-state index in [4.69, 9.17) is 0 Å². The summed E-state index contributed by atoms with van der Waals surface area (Å²) < 4.78 is 0. The van der Waals surface area contributed by atoms with Gasteiger partial charge < -0.3 is 0 Å². The van der Waals surface area contributed by atoms with E-state index in [0.29, 0.717) is 0 Å². The molecular formula is C66H22. The molecule has 0 saturated carbocycles. The van der Waals surface area contributed by atoms with Crippen LogP contribution in [0.4, 0.5) is 0 Å². The third-order valence-corrected chi connectivity index (χ3v) is 3.69. The summed E-state index contributed by atoms with van der Waals surface area (Å²) in [6.07, 6.45) is 2.50. The van der Waals surface area contributed by atoms with Gasteiger partial charge in [-0.15, -0.1) is 0 Å². The van der Waals surface area contributed by atoms with Crippen LogP contribution in [-0.4, -0.2) is 0 Å². The highest BCUT2D eigenvalue weighted by Gasteiger charge is 1.63. The van der Waals surface area contributed by atoms with Crippen LogP contribution in [0.3, 0.4) is 0 Å². The molecule has 0 aliphatic carbocycles. The largest absolute Gasteiger partial charge is 0.0925 e. The van der Waals surface area contributed by atoms with Gasteiger partial charge in [0.25, 0.3) is 0 Å². The highest BCUT2D eigenvalue weighted by atomic mass is 13.6. The van der Waals surface area contributed by atoms with Gasteiger partial charge in [0.2, 0.25) is 0 Å². The van der Waals surface area contributed by atoms with E-state index in [0.717, 1.165) is 0 Å². The summed E-state index contributed by atoms with van der Waals surface area (Å²) in [6.45, 7) is 11.9. The molecule has 0 rings (SSSR count). The molecule has 0 unspecified atom stereocenters. The van der Waals surface area contributed by atoms with Crippen molar-refractivity contribution in [1.29, 1.82) is 0 Å². The van der Waals surface area contributed by atoms with Crippen molar-refractivity contribution in [2.45, 2.75) is 54.4 Å². The fraction of sp³-hybridized carbons (Fsp3) is 0.121. The second-order valence-electron chi connectivity index (χ2n) is 8.91. The lowest BCUT2D eigenvalue weighted by Crippen LogP contribution is -1.57. The Morgan fingerprint density at radius 3 is 0.212 bits per heavy atom. The molecule has 0 spiro atoms. The van der Waals surface area contributed by atoms with Crippen molar-refractivity contribution >= 4 is 0 Å². The maximum Gasteiger partial charge on any atom is 0 e. The Morgan fingerprint density at radius 2 is 0.167 bits per heavy atom. The third kappa shape index (κ3) is 66.1. The standard InChI is InChI=1S/C60H6.2C3H8/c1-3-5-7-9-11-13-15-17-19-21-23-25-27-29-31-33-35-37-39-41-43-45-47-49-51-53-55-57-59-60-58-56-54-52-50-48-46-44-42-40-38-36-34-32-30-28-26-24-22-20-18-16-14-12-10-8-6-4-2;2*1-3-2/h1-2H3;2*3H2,1-2H3. The Balaban J connectivity index is -0.00000623. The van der Waals surface area contributed by atoms with Gasteiger partial charge in [0.1, 0.15) is 0 Å². The van der Waals surface area contributed by atoms with E-state index in [1.807, 2.05) is 0 Å². The van der Waals surface area contributed by atoms with Crippen LogP contribution in [0.25, 0.3) is 0 Å². The minimum atomic E-state index is 1.25. The number of rotatable bonds is 0. The molecular weight excluding hydrogens is 793 g/mol. The van der Waals surface area contributed by atoms with Crippen molar-refractivity contribution in [3.05, 3.63) is 0 Å². The first-order valence-electron chi connectivity index (χ1n) is 18.1. The average molecular weight is 815 g/mol. The summed E-state index contributed by atoms with van der Waals surface area (Å²) in [5, 5.41) is 0. The van der Waals surface area contributed by atoms with Gasteiger partial charge in [-0.2, -0.15) is 0 Å². The van der Waals surface area contributed by atoms with Crippen molar-refractivity contribution in [2.75, 3.05) is 0 Å². The average Bonchev–Trinajstić information content (AvgIpc) is 3.32. The Kier molecular flexibility index (Phi) is 53.6. The zero-order valence-electron chi connectivity index (χ0n) is 36.4. The number of hydrogen-bond donors (Lipinski definition) is 0. The van der Waals surface area contributed by atoms with Gasteiger partial charge in [0.05, 0.1) is 0 Å². The van der Waals surface area contributed by atoms with Gasteiger partial charge in [-0.3, -0.25) is 0 Å². The van der Waals surface area contributed by atoms with Gasteiger partial charge in [-0.1, -0.05) is 52.4 Å². The predicted octanol–water partition coefficient (Wildman–Crippen LogP) is 3.96. The van der Waals surface area contributed by atoms with E-state index in [1.54, 1.807) is 13.8 Å². The summed E-state index contributed by atoms with van der Waals surface area (Å²) in [5.41, 5.74) is 0. The van der Waals surface area contributed by atoms with Gasteiger partial charge in [-0.25, -0.2) is 0 Å². The fourth-order valence-corrected chi connectivity index (χ4v) is 1.81. The van der Waals surface area contributed by atoms with Gasteiger partial charge in [-0.05, 0) is 109 Å². The van der Waals surface area contributed by atoms with Crippen molar-refractivity contribution in [1.82, 2.24) is 0 Å². The van der Waals surface area contributed by atoms with Crippen LogP contribution in [0.5, 0.6) is 0 Å². The highest BCUT2D eigenvalue weighted by Crippen LogP contribution is 1.64. The summed E-state index contributed by atoms with van der Waals surface area (Å²) >= 11 is 0. The normalized spacial score (nSPS) is 4.15. The van der Waals surface area contributed by atoms with Crippen LogP contribution < -0.4 is 0 Å². The van der Waals surface area contributed by atoms with Crippen molar-refractivity contribution in [3.8, 4) is 343 Å². The summed E-state index contributed by atoms with van der Waals surface area (Å²) in [5.74, 6) is 146. The van der Waals surface area contributed by atoms with Crippen LogP contribution >= 0.6 is 0 Å². The Bertz CT molecular complexity index is 3550. The van der Waals surface area contributed by atoms with Crippen molar-refractivity contribution in [2.24, 2.45) is 0 Å². The molecule has 0 aliphatic rings. The first-order chi connectivity index (χ1) is 32.7. The van der Waals surface area contributed by atoms with Gasteiger partial charge in [0.15, 0.2) is 0 Å². The van der Waals surface area contributed by atoms with E-state index in [2.05, 4.69) is 371 Å². The molecule has 0 saturated heterocycles. The Morgan fingerprint density at radius 1 is 0.121 bits per heavy atom. The van der Waals surface area contributed by atoms with Crippen LogP contribution in [-0.2, 0) is 0 Å². The van der Waals surface area contributed by atoms with E-state index < -0.39 is 0 Å². The van der Waals surface area contributed by atoms with Crippen LogP contribution in [0.1, 0.15) is 54.4 Å². The molecule has 286 valence electrons. The fourth-order valence-electron chi connectivity index (χ4n) is 1.81. The molecule has 0 N–H and O–H groups in total. The monoisotopic (exact) mass is 814 g/mol. The second kappa shape index (κ2) is 61.5. The maximum absolute atomic E-state index is 2.63. The smallest absolute Gasteiger partial charge is 0 e. The molecule has 0 nitrogen and oxygen atoms in total. The molecule has 0 aromatic rings. The molecule has 0 aliphatic heterocycles. The Labute approximate surface area is 395 Å². The number of hydrogen-bond acceptors (Lipinski definition) is 0. The van der Waals surface area contributed by atoms with Gasteiger partial charge >= 0.3 is 0 Å². The molecule has 0 aromatic carbocycles. The quantitative estimate of drug-likeness (QED) is 0.326. The summed E-state index contributed by atoms with van der Waals surface area (Å²) in [6, 6.07) is 0. The van der Waals surface area contributed by atoms with E-state index >= 15 is 0 Å². The molecule has 0 heterocycles. The molecule has 0 bridgehead atoms. The second-order valence-corrected chi connectivity index (χ2v) is 8.91. The van der Waals surface area contributed by atoms with Crippen LogP contribution in [0.15, 0.2) is 0 Å². The van der Waals surface area contributed by atoms with Gasteiger partial charge in [0, 0.05) is 237 Å². The SMILES string of the molecule is CC#CC#CC#CC#CC#CC#CC#CC#CC#CC#CC#CC#CC#CC#CC#CC#CC#CC#CC#CC#CC#CC#CC#CC#CC#CC#CC#CC#CC#CC.CCC.CCC. The first kappa shape index (κ1) is 57.6. The molecule has 0 aromatic heterocycles. The molecule has 0 radical (unpaired) electrons. The molecule has 0 amide bonds. The topological polar surface area (TPSA) is 0 Å². The molecule has 0 heteroatoms. The first-order valence-corrected chi connectivity index (χ1v) is 18.1. The lowest BCUT2D eigenvalue weighted by Gasteiger charge is -1.57. The van der Waals surface area contributed by atoms with E-state index in [9.17, 15) is 0 Å². The lowest BCUT2D eigenvalue weighted by atomic mass is 10.4.